The Bertz CT molecular complexity index is 1040. The van der Waals surface area contributed by atoms with Crippen molar-refractivity contribution >= 4 is 34.0 Å². The van der Waals surface area contributed by atoms with Crippen molar-refractivity contribution in [3.8, 4) is 5.75 Å². The van der Waals surface area contributed by atoms with Crippen molar-refractivity contribution in [1.82, 2.24) is 10.3 Å². The number of phenolic OH excluding ortho intramolecular Hbond substituents is 1. The molecule has 1 aromatic heterocycles. The highest BCUT2D eigenvalue weighted by Crippen LogP contribution is 2.33. The van der Waals surface area contributed by atoms with E-state index in [1.165, 1.54) is 0 Å². The molecule has 0 atom stereocenters. The van der Waals surface area contributed by atoms with Crippen molar-refractivity contribution in [3.05, 3.63) is 59.1 Å². The van der Waals surface area contributed by atoms with Crippen LogP contribution in [0.5, 0.6) is 5.75 Å². The van der Waals surface area contributed by atoms with Crippen molar-refractivity contribution in [2.24, 2.45) is 0 Å². The van der Waals surface area contributed by atoms with E-state index in [4.69, 9.17) is 16.6 Å². The van der Waals surface area contributed by atoms with Gasteiger partial charge in [-0.2, -0.15) is 0 Å². The topological polar surface area (TPSA) is 60.4 Å². The van der Waals surface area contributed by atoms with Crippen molar-refractivity contribution in [3.63, 3.8) is 0 Å². The summed E-state index contributed by atoms with van der Waals surface area (Å²) in [5.41, 5.74) is 3.27. The van der Waals surface area contributed by atoms with Gasteiger partial charge in [0.25, 0.3) is 0 Å². The number of aromatic hydroxyl groups is 1. The molecule has 2 aromatic carbocycles. The van der Waals surface area contributed by atoms with E-state index in [0.29, 0.717) is 12.6 Å². The van der Waals surface area contributed by atoms with E-state index in [-0.39, 0.29) is 11.3 Å². The highest BCUT2D eigenvalue weighted by molar-refractivity contribution is 6.30. The molecule has 3 N–H and O–H groups in total. The Morgan fingerprint density at radius 3 is 2.45 bits per heavy atom. The Labute approximate surface area is 189 Å². The van der Waals surface area contributed by atoms with E-state index in [1.54, 1.807) is 6.07 Å². The summed E-state index contributed by atoms with van der Waals surface area (Å²) in [5.74, 6) is 1.10. The number of hydrogen-bond acceptors (Lipinski definition) is 5. The van der Waals surface area contributed by atoms with Crippen molar-refractivity contribution < 1.29 is 5.11 Å². The molecule has 1 aliphatic heterocycles. The zero-order valence-corrected chi connectivity index (χ0v) is 19.2. The van der Waals surface area contributed by atoms with Gasteiger partial charge >= 0.3 is 0 Å². The fraction of sp³-hybridized carbons (Fsp3) is 0.400. The fourth-order valence-electron chi connectivity index (χ4n) is 4.22. The van der Waals surface area contributed by atoms with Gasteiger partial charge in [-0.3, -0.25) is 0 Å². The molecule has 4 rings (SSSR count). The third-order valence-corrected chi connectivity index (χ3v) is 5.88. The van der Waals surface area contributed by atoms with E-state index in [1.807, 2.05) is 36.4 Å². The number of halogens is 1. The first kappa shape index (κ1) is 21.7. The van der Waals surface area contributed by atoms with E-state index >= 15 is 0 Å². The maximum atomic E-state index is 10.1. The van der Waals surface area contributed by atoms with Crippen LogP contribution in [0.15, 0.2) is 48.5 Å². The first-order valence-electron chi connectivity index (χ1n) is 10.9. The molecular formula is C25H31ClN4O. The van der Waals surface area contributed by atoms with Gasteiger partial charge in [-0.25, -0.2) is 4.98 Å². The fourth-order valence-corrected chi connectivity index (χ4v) is 4.35. The van der Waals surface area contributed by atoms with Gasteiger partial charge < -0.3 is 20.6 Å². The third kappa shape index (κ3) is 5.60. The highest BCUT2D eigenvalue weighted by Gasteiger charge is 2.24. The Morgan fingerprint density at radius 1 is 1.06 bits per heavy atom. The summed E-state index contributed by atoms with van der Waals surface area (Å²) in [4.78, 5) is 7.20. The lowest BCUT2D eigenvalue weighted by Gasteiger charge is -2.37. The lowest BCUT2D eigenvalue weighted by Crippen LogP contribution is -2.49. The number of nitrogens with zero attached hydrogens (tertiary/aromatic N) is 2. The molecule has 0 unspecified atom stereocenters. The Morgan fingerprint density at radius 2 is 1.77 bits per heavy atom. The predicted octanol–water partition coefficient (Wildman–Crippen LogP) is 5.56. The molecular weight excluding hydrogens is 408 g/mol. The molecule has 6 heteroatoms. The molecule has 1 fully saturated rings. The molecule has 1 aliphatic rings. The van der Waals surface area contributed by atoms with Crippen LogP contribution in [0.3, 0.4) is 0 Å². The molecule has 0 bridgehead atoms. The average Bonchev–Trinajstić information content (AvgIpc) is 2.72. The van der Waals surface area contributed by atoms with Crippen LogP contribution in [-0.4, -0.2) is 34.8 Å². The summed E-state index contributed by atoms with van der Waals surface area (Å²) in [6.07, 6.45) is 2.18. The number of aromatic nitrogens is 1. The Kier molecular flexibility index (Phi) is 6.26. The zero-order valence-electron chi connectivity index (χ0n) is 18.5. The molecule has 164 valence electrons. The number of anilines is 2. The smallest absolute Gasteiger partial charge is 0.129 e. The molecule has 0 amide bonds. The molecule has 0 radical (unpaired) electrons. The van der Waals surface area contributed by atoms with Gasteiger partial charge in [0.2, 0.25) is 0 Å². The third-order valence-electron chi connectivity index (χ3n) is 5.63. The SMILES string of the molecule is CC(C)(C)NC1CCN(c2cc(NCc3ccc(Cl)cc3)nc3ccc(O)cc23)CC1. The first-order valence-corrected chi connectivity index (χ1v) is 11.3. The number of phenols is 1. The van der Waals surface area contributed by atoms with E-state index in [9.17, 15) is 5.11 Å². The van der Waals surface area contributed by atoms with Crippen LogP contribution < -0.4 is 15.5 Å². The van der Waals surface area contributed by atoms with Crippen molar-refractivity contribution in [1.29, 1.82) is 0 Å². The first-order chi connectivity index (χ1) is 14.8. The standard InChI is InChI=1S/C25H31ClN4O/c1-25(2,3)29-19-10-12-30(13-11-19)23-15-24(27-16-17-4-6-18(26)7-5-17)28-22-9-8-20(31)14-21(22)23/h4-9,14-15,19,29,31H,10-13,16H2,1-3H3,(H,27,28). The van der Waals surface area contributed by atoms with Crippen LogP contribution in [0.4, 0.5) is 11.5 Å². The summed E-state index contributed by atoms with van der Waals surface area (Å²) >= 11 is 6.00. The average molecular weight is 439 g/mol. The molecule has 0 spiro atoms. The van der Waals surface area contributed by atoms with Crippen LogP contribution in [0.25, 0.3) is 10.9 Å². The van der Waals surface area contributed by atoms with Gasteiger partial charge in [-0.15, -0.1) is 0 Å². The summed E-state index contributed by atoms with van der Waals surface area (Å²) in [6.45, 7) is 9.27. The zero-order chi connectivity index (χ0) is 22.0. The molecule has 3 aromatic rings. The van der Waals surface area contributed by atoms with Crippen LogP contribution in [0.1, 0.15) is 39.2 Å². The number of pyridine rings is 1. The van der Waals surface area contributed by atoms with Crippen LogP contribution in [0.2, 0.25) is 5.02 Å². The van der Waals surface area contributed by atoms with Gasteiger partial charge in [0.1, 0.15) is 11.6 Å². The van der Waals surface area contributed by atoms with Gasteiger partial charge in [0, 0.05) is 53.4 Å². The summed E-state index contributed by atoms with van der Waals surface area (Å²) < 4.78 is 0. The minimum atomic E-state index is 0.126. The second kappa shape index (κ2) is 8.93. The van der Waals surface area contributed by atoms with Gasteiger partial charge in [0.15, 0.2) is 0 Å². The Hall–Kier alpha value is -2.50. The van der Waals surface area contributed by atoms with Crippen LogP contribution >= 0.6 is 11.6 Å². The molecule has 1 saturated heterocycles. The lowest BCUT2D eigenvalue weighted by atomic mass is 9.99. The Balaban J connectivity index is 1.56. The monoisotopic (exact) mass is 438 g/mol. The molecule has 0 saturated carbocycles. The second-order valence-corrected chi connectivity index (χ2v) is 9.80. The summed E-state index contributed by atoms with van der Waals surface area (Å²) in [5, 5.41) is 19.0. The molecule has 2 heterocycles. The van der Waals surface area contributed by atoms with Crippen molar-refractivity contribution in [2.45, 2.75) is 51.7 Å². The maximum Gasteiger partial charge on any atom is 0.129 e. The van der Waals surface area contributed by atoms with E-state index < -0.39 is 0 Å². The van der Waals surface area contributed by atoms with Crippen molar-refractivity contribution in [2.75, 3.05) is 23.3 Å². The van der Waals surface area contributed by atoms with E-state index in [2.05, 4.69) is 42.4 Å². The number of rotatable bonds is 5. The largest absolute Gasteiger partial charge is 0.508 e. The number of nitrogens with one attached hydrogen (secondary N) is 2. The van der Waals surface area contributed by atoms with Crippen LogP contribution in [0, 0.1) is 0 Å². The highest BCUT2D eigenvalue weighted by atomic mass is 35.5. The number of fused-ring (bicyclic) bond motifs is 1. The van der Waals surface area contributed by atoms with Gasteiger partial charge in [-0.05, 0) is 69.5 Å². The summed E-state index contributed by atoms with van der Waals surface area (Å²) in [6, 6.07) is 15.9. The van der Waals surface area contributed by atoms with E-state index in [0.717, 1.165) is 58.9 Å². The predicted molar refractivity (Wildman–Crippen MR) is 130 cm³/mol. The maximum absolute atomic E-state index is 10.1. The number of benzene rings is 2. The molecule has 0 aliphatic carbocycles. The second-order valence-electron chi connectivity index (χ2n) is 9.36. The lowest BCUT2D eigenvalue weighted by molar-refractivity contribution is 0.317. The minimum absolute atomic E-state index is 0.126. The molecule has 5 nitrogen and oxygen atoms in total. The quantitative estimate of drug-likeness (QED) is 0.486. The summed E-state index contributed by atoms with van der Waals surface area (Å²) in [7, 11) is 0. The van der Waals surface area contributed by atoms with Gasteiger partial charge in [-0.1, -0.05) is 23.7 Å². The normalized spacial score (nSPS) is 15.4. The number of piperidine rings is 1. The van der Waals surface area contributed by atoms with Gasteiger partial charge in [0.05, 0.1) is 5.52 Å². The number of hydrogen-bond donors (Lipinski definition) is 3. The van der Waals surface area contributed by atoms with Crippen LogP contribution in [-0.2, 0) is 6.54 Å². The minimum Gasteiger partial charge on any atom is -0.508 e. The molecule has 31 heavy (non-hydrogen) atoms.